The minimum absolute atomic E-state index is 0.488. The number of rotatable bonds is 3. The molecule has 0 saturated heterocycles. The number of nitrogen functional groups attached to an aromatic ring is 1. The zero-order chi connectivity index (χ0) is 9.80. The molecule has 0 radical (unpaired) electrons. The van der Waals surface area contributed by atoms with Gasteiger partial charge in [-0.1, -0.05) is 5.16 Å². The van der Waals surface area contributed by atoms with Gasteiger partial charge < -0.3 is 15.6 Å². The Hall–Kier alpha value is -2.11. The Bertz CT molecular complexity index is 400. The highest BCUT2D eigenvalue weighted by Gasteiger charge is 1.98. The van der Waals surface area contributed by atoms with Gasteiger partial charge in [-0.25, -0.2) is 0 Å². The molecular formula is C8H9N5O. The summed E-state index contributed by atoms with van der Waals surface area (Å²) in [5.41, 5.74) is 7.00. The third-order valence-corrected chi connectivity index (χ3v) is 1.62. The first kappa shape index (κ1) is 8.49. The van der Waals surface area contributed by atoms with Gasteiger partial charge in [0.25, 0.3) is 0 Å². The van der Waals surface area contributed by atoms with Gasteiger partial charge in [0.05, 0.1) is 24.1 Å². The lowest BCUT2D eigenvalue weighted by Crippen LogP contribution is -2.01. The zero-order valence-electron chi connectivity index (χ0n) is 7.34. The van der Waals surface area contributed by atoms with Crippen LogP contribution in [-0.2, 0) is 6.54 Å². The predicted molar refractivity (Wildman–Crippen MR) is 50.3 cm³/mol. The Kier molecular flexibility index (Phi) is 2.26. The van der Waals surface area contributed by atoms with Crippen LogP contribution in [-0.4, -0.2) is 15.1 Å². The fraction of sp³-hybridized carbons (Fsp3) is 0.125. The summed E-state index contributed by atoms with van der Waals surface area (Å²) in [7, 11) is 0. The van der Waals surface area contributed by atoms with Crippen molar-refractivity contribution in [2.75, 3.05) is 11.1 Å². The molecule has 6 nitrogen and oxygen atoms in total. The van der Waals surface area contributed by atoms with Crippen LogP contribution in [0.25, 0.3) is 0 Å². The number of anilines is 2. The first-order valence-corrected chi connectivity index (χ1v) is 4.04. The summed E-state index contributed by atoms with van der Waals surface area (Å²) < 4.78 is 4.59. The van der Waals surface area contributed by atoms with Gasteiger partial charge in [0.15, 0.2) is 5.82 Å². The Morgan fingerprint density at radius 1 is 1.43 bits per heavy atom. The maximum absolute atomic E-state index is 5.56. The largest absolute Gasteiger partial charge is 0.397 e. The number of nitrogens with two attached hydrogens (primary N) is 1. The maximum atomic E-state index is 5.56. The molecule has 0 atom stereocenters. The second kappa shape index (κ2) is 3.73. The van der Waals surface area contributed by atoms with E-state index in [0.29, 0.717) is 18.1 Å². The molecule has 14 heavy (non-hydrogen) atoms. The van der Waals surface area contributed by atoms with Gasteiger partial charge >= 0.3 is 0 Å². The van der Waals surface area contributed by atoms with Crippen molar-refractivity contribution in [2.45, 2.75) is 6.54 Å². The van der Waals surface area contributed by atoms with Crippen LogP contribution >= 0.6 is 0 Å². The topological polar surface area (TPSA) is 89.9 Å². The lowest BCUT2D eigenvalue weighted by Gasteiger charge is -2.02. The van der Waals surface area contributed by atoms with E-state index in [4.69, 9.17) is 5.73 Å². The fourth-order valence-corrected chi connectivity index (χ4v) is 1.01. The normalized spacial score (nSPS) is 10.0. The van der Waals surface area contributed by atoms with Crippen LogP contribution in [0.3, 0.4) is 0 Å². The molecule has 0 unspecified atom stereocenters. The van der Waals surface area contributed by atoms with Crippen molar-refractivity contribution in [3.63, 3.8) is 0 Å². The molecule has 2 aromatic heterocycles. The molecule has 2 rings (SSSR count). The van der Waals surface area contributed by atoms with E-state index in [1.54, 1.807) is 18.5 Å². The summed E-state index contributed by atoms with van der Waals surface area (Å²) in [4.78, 5) is 7.79. The molecule has 0 aliphatic rings. The van der Waals surface area contributed by atoms with Gasteiger partial charge in [-0.05, 0) is 6.07 Å². The van der Waals surface area contributed by atoms with Crippen LogP contribution in [0.2, 0.25) is 0 Å². The second-order valence-corrected chi connectivity index (χ2v) is 2.71. The van der Waals surface area contributed by atoms with Crippen molar-refractivity contribution in [3.8, 4) is 0 Å². The van der Waals surface area contributed by atoms with Crippen LogP contribution in [0.5, 0.6) is 0 Å². The quantitative estimate of drug-likeness (QED) is 0.740. The molecule has 0 amide bonds. The molecule has 0 aromatic carbocycles. The number of hydrogen-bond acceptors (Lipinski definition) is 6. The van der Waals surface area contributed by atoms with Gasteiger partial charge in [-0.15, -0.1) is 0 Å². The highest BCUT2D eigenvalue weighted by Crippen LogP contribution is 2.09. The molecule has 0 aliphatic carbocycles. The Balaban J connectivity index is 1.98. The first-order chi connectivity index (χ1) is 6.84. The molecule has 0 saturated carbocycles. The highest BCUT2D eigenvalue weighted by atomic mass is 16.5. The average molecular weight is 191 g/mol. The van der Waals surface area contributed by atoms with Gasteiger partial charge in [0.1, 0.15) is 0 Å². The molecule has 3 N–H and O–H groups in total. The van der Waals surface area contributed by atoms with Crippen LogP contribution in [0.15, 0.2) is 29.4 Å². The van der Waals surface area contributed by atoms with E-state index in [1.807, 2.05) is 0 Å². The second-order valence-electron chi connectivity index (χ2n) is 2.71. The number of nitrogens with zero attached hydrogens (tertiary/aromatic N) is 3. The van der Waals surface area contributed by atoms with Crippen molar-refractivity contribution in [3.05, 3.63) is 30.7 Å². The van der Waals surface area contributed by atoms with Crippen LogP contribution in [0, 0.1) is 0 Å². The smallest absolute Gasteiger partial charge is 0.213 e. The molecule has 6 heteroatoms. The summed E-state index contributed by atoms with van der Waals surface area (Å²) in [6, 6.07) is 1.78. The average Bonchev–Trinajstić information content (AvgIpc) is 2.67. The minimum Gasteiger partial charge on any atom is -0.397 e. The number of pyridine rings is 1. The maximum Gasteiger partial charge on any atom is 0.213 e. The lowest BCUT2D eigenvalue weighted by atomic mass is 10.4. The summed E-state index contributed by atoms with van der Waals surface area (Å²) >= 11 is 0. The van der Waals surface area contributed by atoms with Gasteiger partial charge in [0.2, 0.25) is 6.39 Å². The SMILES string of the molecule is Nc1cncc(NCc2ncon2)c1. The number of hydrogen-bond donors (Lipinski definition) is 2. The van der Waals surface area contributed by atoms with Crippen molar-refractivity contribution in [1.29, 1.82) is 0 Å². The fourth-order valence-electron chi connectivity index (χ4n) is 1.01. The summed E-state index contributed by atoms with van der Waals surface area (Å²) in [6.45, 7) is 0.488. The van der Waals surface area contributed by atoms with Gasteiger partial charge in [-0.3, -0.25) is 4.98 Å². The Morgan fingerprint density at radius 3 is 3.07 bits per heavy atom. The first-order valence-electron chi connectivity index (χ1n) is 4.04. The van der Waals surface area contributed by atoms with Crippen molar-refractivity contribution < 1.29 is 4.52 Å². The third kappa shape index (κ3) is 1.98. The molecule has 0 bridgehead atoms. The van der Waals surface area contributed by atoms with E-state index in [2.05, 4.69) is 25.0 Å². The molecular weight excluding hydrogens is 182 g/mol. The van der Waals surface area contributed by atoms with Crippen molar-refractivity contribution in [1.82, 2.24) is 15.1 Å². The van der Waals surface area contributed by atoms with E-state index in [0.717, 1.165) is 5.69 Å². The number of nitrogens with one attached hydrogen (secondary N) is 1. The highest BCUT2D eigenvalue weighted by molar-refractivity contribution is 5.51. The molecule has 0 spiro atoms. The summed E-state index contributed by atoms with van der Waals surface area (Å²) in [5.74, 6) is 0.590. The lowest BCUT2D eigenvalue weighted by molar-refractivity contribution is 0.411. The van der Waals surface area contributed by atoms with E-state index in [9.17, 15) is 0 Å². The Labute approximate surface area is 80.1 Å². The van der Waals surface area contributed by atoms with Crippen LogP contribution in [0.1, 0.15) is 5.82 Å². The van der Waals surface area contributed by atoms with Crippen LogP contribution < -0.4 is 11.1 Å². The molecule has 2 aromatic rings. The van der Waals surface area contributed by atoms with E-state index >= 15 is 0 Å². The Morgan fingerprint density at radius 2 is 2.36 bits per heavy atom. The van der Waals surface area contributed by atoms with E-state index in [-0.39, 0.29) is 0 Å². The van der Waals surface area contributed by atoms with E-state index < -0.39 is 0 Å². The van der Waals surface area contributed by atoms with Gasteiger partial charge in [-0.2, -0.15) is 4.98 Å². The van der Waals surface area contributed by atoms with Crippen molar-refractivity contribution >= 4 is 11.4 Å². The molecule has 0 aliphatic heterocycles. The standard InChI is InChI=1S/C8H9N5O/c9-6-1-7(3-10-2-6)11-4-8-12-5-14-13-8/h1-3,5,11H,4,9H2. The van der Waals surface area contributed by atoms with Crippen molar-refractivity contribution in [2.24, 2.45) is 0 Å². The monoisotopic (exact) mass is 191 g/mol. The number of aromatic nitrogens is 3. The minimum atomic E-state index is 0.488. The summed E-state index contributed by atoms with van der Waals surface area (Å²) in [5, 5.41) is 6.71. The molecule has 0 fully saturated rings. The predicted octanol–water partition coefficient (Wildman–Crippen LogP) is 0.659. The molecule has 72 valence electrons. The summed E-state index contributed by atoms with van der Waals surface area (Å²) in [6.07, 6.45) is 4.55. The van der Waals surface area contributed by atoms with Crippen LogP contribution in [0.4, 0.5) is 11.4 Å². The van der Waals surface area contributed by atoms with Gasteiger partial charge in [0, 0.05) is 6.20 Å². The van der Waals surface area contributed by atoms with E-state index in [1.165, 1.54) is 6.39 Å². The molecule has 2 heterocycles. The third-order valence-electron chi connectivity index (χ3n) is 1.62. The zero-order valence-corrected chi connectivity index (χ0v) is 7.34.